The van der Waals surface area contributed by atoms with Crippen molar-refractivity contribution in [2.45, 2.75) is 65.4 Å². The normalized spacial score (nSPS) is 11.9. The first-order valence-electron chi connectivity index (χ1n) is 10.6. The zero-order chi connectivity index (χ0) is 22.1. The van der Waals surface area contributed by atoms with Gasteiger partial charge in [-0.15, -0.1) is 11.8 Å². The minimum atomic E-state index is -0.472. The first kappa shape index (κ1) is 24.0. The summed E-state index contributed by atoms with van der Waals surface area (Å²) in [6.07, 6.45) is 0.582. The minimum Gasteiger partial charge on any atom is -0.352 e. The van der Waals surface area contributed by atoms with E-state index >= 15 is 0 Å². The molecule has 0 aliphatic carbocycles. The van der Waals surface area contributed by atoms with E-state index in [1.165, 1.54) is 16.7 Å². The summed E-state index contributed by atoms with van der Waals surface area (Å²) in [5, 5.41) is 2.97. The highest BCUT2D eigenvalue weighted by molar-refractivity contribution is 7.99. The third-order valence-electron chi connectivity index (χ3n) is 4.87. The van der Waals surface area contributed by atoms with E-state index in [4.69, 9.17) is 0 Å². The van der Waals surface area contributed by atoms with Gasteiger partial charge in [0, 0.05) is 18.3 Å². The van der Waals surface area contributed by atoms with E-state index in [0.29, 0.717) is 18.7 Å². The fraction of sp³-hybridized carbons (Fsp3) is 0.440. The highest BCUT2D eigenvalue weighted by Crippen LogP contribution is 2.18. The molecule has 0 bridgehead atoms. The van der Waals surface area contributed by atoms with Crippen molar-refractivity contribution in [1.29, 1.82) is 0 Å². The van der Waals surface area contributed by atoms with Crippen LogP contribution in [-0.4, -0.2) is 34.6 Å². The zero-order valence-corrected chi connectivity index (χ0v) is 19.6. The van der Waals surface area contributed by atoms with Gasteiger partial charge >= 0.3 is 0 Å². The number of thioether (sulfide) groups is 1. The number of rotatable bonds is 10. The standard InChI is InChI=1S/C25H34N2O2S/c1-6-23(25(29)26-18(2)3)27(15-21-12-10-19(4)11-13-21)24(28)17-30-16-22-9-7-8-20(5)14-22/h7-14,18,23H,6,15-17H2,1-5H3,(H,26,29)/t23-/m1/s1. The Kier molecular flexibility index (Phi) is 9.44. The van der Waals surface area contributed by atoms with Crippen molar-refractivity contribution >= 4 is 23.6 Å². The third-order valence-corrected chi connectivity index (χ3v) is 5.86. The second-order valence-electron chi connectivity index (χ2n) is 8.08. The SMILES string of the molecule is CC[C@H](C(=O)NC(C)C)N(Cc1ccc(C)cc1)C(=O)CSCc1cccc(C)c1. The smallest absolute Gasteiger partial charge is 0.243 e. The maximum absolute atomic E-state index is 13.2. The van der Waals surface area contributed by atoms with Gasteiger partial charge in [0.05, 0.1) is 5.75 Å². The quantitative estimate of drug-likeness (QED) is 0.590. The van der Waals surface area contributed by atoms with Crippen LogP contribution in [0, 0.1) is 13.8 Å². The van der Waals surface area contributed by atoms with Gasteiger partial charge in [-0.05, 0) is 45.2 Å². The largest absolute Gasteiger partial charge is 0.352 e. The van der Waals surface area contributed by atoms with Crippen molar-refractivity contribution in [1.82, 2.24) is 10.2 Å². The number of nitrogens with one attached hydrogen (secondary N) is 1. The summed E-state index contributed by atoms with van der Waals surface area (Å²) in [5.41, 5.74) is 4.64. The number of benzene rings is 2. The Labute approximate surface area is 185 Å². The Balaban J connectivity index is 2.12. The Morgan fingerprint density at radius 2 is 1.70 bits per heavy atom. The van der Waals surface area contributed by atoms with Crippen LogP contribution in [0.4, 0.5) is 0 Å². The average molecular weight is 427 g/mol. The lowest BCUT2D eigenvalue weighted by atomic mass is 10.1. The van der Waals surface area contributed by atoms with E-state index in [1.54, 1.807) is 16.7 Å². The second-order valence-corrected chi connectivity index (χ2v) is 9.06. The monoisotopic (exact) mass is 426 g/mol. The van der Waals surface area contributed by atoms with Crippen LogP contribution in [0.1, 0.15) is 49.4 Å². The first-order valence-corrected chi connectivity index (χ1v) is 11.7. The lowest BCUT2D eigenvalue weighted by molar-refractivity contribution is -0.139. The summed E-state index contributed by atoms with van der Waals surface area (Å²) in [6.45, 7) is 10.4. The molecule has 0 saturated heterocycles. The predicted octanol–water partition coefficient (Wildman–Crippen LogP) is 4.87. The molecular formula is C25H34N2O2S. The minimum absolute atomic E-state index is 0.000941. The number of hydrogen-bond acceptors (Lipinski definition) is 3. The molecule has 162 valence electrons. The number of nitrogens with zero attached hydrogens (tertiary/aromatic N) is 1. The lowest BCUT2D eigenvalue weighted by Gasteiger charge is -2.31. The van der Waals surface area contributed by atoms with Gasteiger partial charge in [0.25, 0.3) is 0 Å². The highest BCUT2D eigenvalue weighted by atomic mass is 32.2. The highest BCUT2D eigenvalue weighted by Gasteiger charge is 2.28. The fourth-order valence-electron chi connectivity index (χ4n) is 3.33. The molecule has 4 nitrogen and oxygen atoms in total. The Morgan fingerprint density at radius 3 is 2.30 bits per heavy atom. The molecule has 0 saturated carbocycles. The van der Waals surface area contributed by atoms with Gasteiger partial charge in [-0.3, -0.25) is 9.59 Å². The molecule has 1 N–H and O–H groups in total. The van der Waals surface area contributed by atoms with Crippen molar-refractivity contribution in [3.8, 4) is 0 Å². The maximum Gasteiger partial charge on any atom is 0.243 e. The summed E-state index contributed by atoms with van der Waals surface area (Å²) in [7, 11) is 0. The van der Waals surface area contributed by atoms with Gasteiger partial charge in [-0.2, -0.15) is 0 Å². The van der Waals surface area contributed by atoms with E-state index in [-0.39, 0.29) is 17.9 Å². The second kappa shape index (κ2) is 11.8. The number of aryl methyl sites for hydroxylation is 2. The molecule has 2 rings (SSSR count). The summed E-state index contributed by atoms with van der Waals surface area (Å²) >= 11 is 1.60. The fourth-order valence-corrected chi connectivity index (χ4v) is 4.19. The van der Waals surface area contributed by atoms with Gasteiger partial charge in [0.1, 0.15) is 6.04 Å². The summed E-state index contributed by atoms with van der Waals surface area (Å²) < 4.78 is 0. The molecule has 0 aliphatic rings. The number of hydrogen-bond donors (Lipinski definition) is 1. The summed E-state index contributed by atoms with van der Waals surface area (Å²) in [6, 6.07) is 16.1. The molecule has 0 fully saturated rings. The van der Waals surface area contributed by atoms with Crippen LogP contribution in [0.25, 0.3) is 0 Å². The van der Waals surface area contributed by atoms with Gasteiger partial charge in [0.15, 0.2) is 0 Å². The van der Waals surface area contributed by atoms with Crippen molar-refractivity contribution < 1.29 is 9.59 Å². The van der Waals surface area contributed by atoms with E-state index < -0.39 is 6.04 Å². The molecule has 2 aromatic rings. The first-order chi connectivity index (χ1) is 14.3. The van der Waals surface area contributed by atoms with Crippen LogP contribution in [0.3, 0.4) is 0 Å². The lowest BCUT2D eigenvalue weighted by Crippen LogP contribution is -2.50. The van der Waals surface area contributed by atoms with E-state index in [1.807, 2.05) is 58.0 Å². The number of amides is 2. The van der Waals surface area contributed by atoms with Crippen LogP contribution in [0.15, 0.2) is 48.5 Å². The van der Waals surface area contributed by atoms with Crippen LogP contribution >= 0.6 is 11.8 Å². The summed E-state index contributed by atoms with van der Waals surface area (Å²) in [4.78, 5) is 27.7. The molecule has 0 aromatic heterocycles. The zero-order valence-electron chi connectivity index (χ0n) is 18.8. The maximum atomic E-state index is 13.2. The molecule has 0 radical (unpaired) electrons. The van der Waals surface area contributed by atoms with Crippen molar-refractivity contribution in [3.63, 3.8) is 0 Å². The van der Waals surface area contributed by atoms with Crippen LogP contribution < -0.4 is 5.32 Å². The van der Waals surface area contributed by atoms with E-state index in [2.05, 4.69) is 30.4 Å². The van der Waals surface area contributed by atoms with Crippen LogP contribution in [0.2, 0.25) is 0 Å². The van der Waals surface area contributed by atoms with Crippen molar-refractivity contribution in [3.05, 3.63) is 70.8 Å². The molecule has 0 heterocycles. The number of carbonyl (C=O) groups is 2. The van der Waals surface area contributed by atoms with Crippen LogP contribution in [-0.2, 0) is 21.9 Å². The topological polar surface area (TPSA) is 49.4 Å². The molecule has 1 atom stereocenters. The molecule has 2 amide bonds. The van der Waals surface area contributed by atoms with Crippen molar-refractivity contribution in [2.75, 3.05) is 5.75 Å². The average Bonchev–Trinajstić information content (AvgIpc) is 2.68. The molecule has 5 heteroatoms. The molecule has 30 heavy (non-hydrogen) atoms. The molecular weight excluding hydrogens is 392 g/mol. The van der Waals surface area contributed by atoms with E-state index in [9.17, 15) is 9.59 Å². The summed E-state index contributed by atoms with van der Waals surface area (Å²) in [5.74, 6) is 1.04. The Hall–Kier alpha value is -2.27. The molecule has 0 unspecified atom stereocenters. The molecule has 0 spiro atoms. The third kappa shape index (κ3) is 7.52. The predicted molar refractivity (Wildman–Crippen MR) is 126 cm³/mol. The van der Waals surface area contributed by atoms with Gasteiger partial charge in [-0.1, -0.05) is 66.6 Å². The number of carbonyl (C=O) groups excluding carboxylic acids is 2. The molecule has 2 aromatic carbocycles. The van der Waals surface area contributed by atoms with Gasteiger partial charge < -0.3 is 10.2 Å². The van der Waals surface area contributed by atoms with Gasteiger partial charge in [-0.25, -0.2) is 0 Å². The molecule has 0 aliphatic heterocycles. The Bertz CT molecular complexity index is 833. The van der Waals surface area contributed by atoms with Gasteiger partial charge in [0.2, 0.25) is 11.8 Å². The van der Waals surface area contributed by atoms with Crippen molar-refractivity contribution in [2.24, 2.45) is 0 Å². The Morgan fingerprint density at radius 1 is 1.00 bits per heavy atom. The van der Waals surface area contributed by atoms with E-state index in [0.717, 1.165) is 11.3 Å². The van der Waals surface area contributed by atoms with Crippen LogP contribution in [0.5, 0.6) is 0 Å².